The second kappa shape index (κ2) is 5.27. The molecular formula is C11H15Cl2N3O. The lowest BCUT2D eigenvalue weighted by Crippen LogP contribution is -2.42. The molecule has 6 heteroatoms. The summed E-state index contributed by atoms with van der Waals surface area (Å²) in [7, 11) is 1.89. The van der Waals surface area contributed by atoms with Crippen LogP contribution in [0.15, 0.2) is 11.1 Å². The molecule has 0 bridgehead atoms. The molecule has 0 aliphatic heterocycles. The molecule has 0 amide bonds. The van der Waals surface area contributed by atoms with Crippen molar-refractivity contribution in [3.05, 3.63) is 21.7 Å². The highest BCUT2D eigenvalue weighted by molar-refractivity contribution is 6.32. The van der Waals surface area contributed by atoms with Crippen LogP contribution in [0.25, 0.3) is 0 Å². The van der Waals surface area contributed by atoms with Crippen LogP contribution in [0.1, 0.15) is 25.7 Å². The molecule has 2 rings (SSSR count). The Kier molecular flexibility index (Phi) is 3.94. The molecule has 1 aliphatic rings. The molecule has 2 unspecified atom stereocenters. The van der Waals surface area contributed by atoms with E-state index in [1.165, 1.54) is 6.33 Å². The first-order chi connectivity index (χ1) is 8.11. The van der Waals surface area contributed by atoms with Gasteiger partial charge in [0.25, 0.3) is 5.56 Å². The number of anilines is 1. The predicted octanol–water partition coefficient (Wildman–Crippen LogP) is 2.41. The van der Waals surface area contributed by atoms with Crippen molar-refractivity contribution in [3.63, 3.8) is 0 Å². The van der Waals surface area contributed by atoms with Gasteiger partial charge in [0.15, 0.2) is 5.82 Å². The normalized spacial score (nSPS) is 24.6. The molecule has 94 valence electrons. The fraction of sp³-hybridized carbons (Fsp3) is 0.636. The molecule has 1 fully saturated rings. The van der Waals surface area contributed by atoms with E-state index in [9.17, 15) is 4.79 Å². The second-order valence-corrected chi connectivity index (χ2v) is 5.29. The van der Waals surface area contributed by atoms with Crippen LogP contribution in [0.3, 0.4) is 0 Å². The molecule has 0 radical (unpaired) electrons. The first kappa shape index (κ1) is 12.7. The first-order valence-corrected chi connectivity index (χ1v) is 6.53. The Labute approximate surface area is 110 Å². The summed E-state index contributed by atoms with van der Waals surface area (Å²) < 4.78 is 0. The van der Waals surface area contributed by atoms with Crippen molar-refractivity contribution in [1.82, 2.24) is 9.97 Å². The maximum Gasteiger partial charge on any atom is 0.271 e. The molecule has 0 spiro atoms. The maximum atomic E-state index is 11.4. The molecule has 1 saturated carbocycles. The number of alkyl halides is 1. The van der Waals surface area contributed by atoms with Gasteiger partial charge in [0.2, 0.25) is 0 Å². The Morgan fingerprint density at radius 1 is 1.47 bits per heavy atom. The van der Waals surface area contributed by atoms with Crippen LogP contribution < -0.4 is 10.5 Å². The smallest absolute Gasteiger partial charge is 0.271 e. The van der Waals surface area contributed by atoms with Crippen LogP contribution in [0, 0.1) is 0 Å². The van der Waals surface area contributed by atoms with E-state index >= 15 is 0 Å². The minimum atomic E-state index is -0.314. The number of aromatic amines is 1. The average molecular weight is 276 g/mol. The molecule has 0 saturated heterocycles. The minimum Gasteiger partial charge on any atom is -0.354 e. The molecule has 1 aromatic heterocycles. The predicted molar refractivity (Wildman–Crippen MR) is 70.2 cm³/mol. The van der Waals surface area contributed by atoms with Gasteiger partial charge in [0.05, 0.1) is 11.7 Å². The zero-order valence-electron chi connectivity index (χ0n) is 9.62. The van der Waals surface area contributed by atoms with Gasteiger partial charge in [-0.3, -0.25) is 4.79 Å². The van der Waals surface area contributed by atoms with Crippen molar-refractivity contribution in [3.8, 4) is 0 Å². The summed E-state index contributed by atoms with van der Waals surface area (Å²) in [6.07, 6.45) is 5.69. The van der Waals surface area contributed by atoms with Crippen molar-refractivity contribution in [1.29, 1.82) is 0 Å². The summed E-state index contributed by atoms with van der Waals surface area (Å²) in [4.78, 5) is 19.9. The molecule has 17 heavy (non-hydrogen) atoms. The van der Waals surface area contributed by atoms with Gasteiger partial charge >= 0.3 is 0 Å². The van der Waals surface area contributed by atoms with Crippen molar-refractivity contribution in [2.24, 2.45) is 0 Å². The summed E-state index contributed by atoms with van der Waals surface area (Å²) in [5, 5.41) is 0.218. The topological polar surface area (TPSA) is 49.0 Å². The van der Waals surface area contributed by atoms with Gasteiger partial charge in [0, 0.05) is 13.1 Å². The van der Waals surface area contributed by atoms with Gasteiger partial charge in [0.1, 0.15) is 5.02 Å². The van der Waals surface area contributed by atoms with Crippen molar-refractivity contribution >= 4 is 29.0 Å². The Morgan fingerprint density at radius 2 is 2.18 bits per heavy atom. The SMILES string of the molecule is CN(c1nc[nH]c(=O)c1Cl)C1CCCCC1Cl. The third-order valence-electron chi connectivity index (χ3n) is 3.26. The third kappa shape index (κ3) is 2.58. The molecule has 2 atom stereocenters. The fourth-order valence-corrected chi connectivity index (χ4v) is 2.96. The lowest BCUT2D eigenvalue weighted by atomic mass is 9.94. The lowest BCUT2D eigenvalue weighted by Gasteiger charge is -2.35. The van der Waals surface area contributed by atoms with Crippen molar-refractivity contribution in [2.45, 2.75) is 37.1 Å². The van der Waals surface area contributed by atoms with Crippen LogP contribution in [0.4, 0.5) is 5.82 Å². The fourth-order valence-electron chi connectivity index (χ4n) is 2.28. The maximum absolute atomic E-state index is 11.4. The van der Waals surface area contributed by atoms with E-state index in [1.54, 1.807) is 0 Å². The summed E-state index contributed by atoms with van der Waals surface area (Å²) in [5.74, 6) is 0.507. The highest BCUT2D eigenvalue weighted by Crippen LogP contribution is 2.30. The zero-order chi connectivity index (χ0) is 12.4. The van der Waals surface area contributed by atoms with E-state index in [2.05, 4.69) is 9.97 Å². The molecule has 4 nitrogen and oxygen atoms in total. The third-order valence-corrected chi connectivity index (χ3v) is 4.11. The second-order valence-electron chi connectivity index (χ2n) is 4.35. The van der Waals surface area contributed by atoms with E-state index in [1.807, 2.05) is 11.9 Å². The number of nitrogens with one attached hydrogen (secondary N) is 1. The zero-order valence-corrected chi connectivity index (χ0v) is 11.1. The summed E-state index contributed by atoms with van der Waals surface area (Å²) in [6.45, 7) is 0. The van der Waals surface area contributed by atoms with Gasteiger partial charge in [-0.2, -0.15) is 0 Å². The highest BCUT2D eigenvalue weighted by Gasteiger charge is 2.28. The molecule has 1 N–H and O–H groups in total. The van der Waals surface area contributed by atoms with Crippen molar-refractivity contribution < 1.29 is 0 Å². The average Bonchev–Trinajstić information content (AvgIpc) is 2.32. The Bertz CT molecular complexity index is 449. The number of hydrogen-bond donors (Lipinski definition) is 1. The number of rotatable bonds is 2. The van der Waals surface area contributed by atoms with Gasteiger partial charge in [-0.25, -0.2) is 4.98 Å². The highest BCUT2D eigenvalue weighted by atomic mass is 35.5. The van der Waals surface area contributed by atoms with Gasteiger partial charge in [-0.1, -0.05) is 24.4 Å². The summed E-state index contributed by atoms with van der Waals surface area (Å²) >= 11 is 12.3. The number of nitrogens with zero attached hydrogens (tertiary/aromatic N) is 2. The Hall–Kier alpha value is -0.740. The van der Waals surface area contributed by atoms with Crippen LogP contribution in [-0.4, -0.2) is 28.4 Å². The van der Waals surface area contributed by atoms with Crippen LogP contribution >= 0.6 is 23.2 Å². The summed E-state index contributed by atoms with van der Waals surface area (Å²) in [6, 6.07) is 0.192. The molecule has 1 aliphatic carbocycles. The molecular weight excluding hydrogens is 261 g/mol. The van der Waals surface area contributed by atoms with E-state index in [0.717, 1.165) is 25.7 Å². The van der Waals surface area contributed by atoms with Gasteiger partial charge in [-0.15, -0.1) is 11.6 Å². The largest absolute Gasteiger partial charge is 0.354 e. The first-order valence-electron chi connectivity index (χ1n) is 5.71. The molecule has 0 aromatic carbocycles. The van der Waals surface area contributed by atoms with Crippen molar-refractivity contribution in [2.75, 3.05) is 11.9 Å². The van der Waals surface area contributed by atoms with Crippen LogP contribution in [0.5, 0.6) is 0 Å². The van der Waals surface area contributed by atoms with Gasteiger partial charge in [-0.05, 0) is 12.8 Å². The monoisotopic (exact) mass is 275 g/mol. The number of hydrogen-bond acceptors (Lipinski definition) is 3. The van der Waals surface area contributed by atoms with Crippen LogP contribution in [0.2, 0.25) is 5.02 Å². The van der Waals surface area contributed by atoms with Gasteiger partial charge < -0.3 is 9.88 Å². The summed E-state index contributed by atoms with van der Waals surface area (Å²) in [5.41, 5.74) is -0.314. The quantitative estimate of drug-likeness (QED) is 0.844. The minimum absolute atomic E-state index is 0.0888. The molecule has 1 heterocycles. The number of halogens is 2. The van der Waals surface area contributed by atoms with E-state index < -0.39 is 0 Å². The Balaban J connectivity index is 2.26. The van der Waals surface area contributed by atoms with E-state index in [4.69, 9.17) is 23.2 Å². The van der Waals surface area contributed by atoms with E-state index in [-0.39, 0.29) is 22.0 Å². The van der Waals surface area contributed by atoms with Crippen LogP contribution in [-0.2, 0) is 0 Å². The van der Waals surface area contributed by atoms with E-state index in [0.29, 0.717) is 5.82 Å². The number of aromatic nitrogens is 2. The Morgan fingerprint density at radius 3 is 2.88 bits per heavy atom. The standard InChI is InChI=1S/C11H15Cl2N3O/c1-16(8-5-3-2-4-7(8)12)10-9(13)11(17)15-6-14-10/h6-8H,2-5H2,1H3,(H,14,15,17). The molecule has 1 aromatic rings. The lowest BCUT2D eigenvalue weighted by molar-refractivity contribution is 0.432. The number of H-pyrrole nitrogens is 1.